The average molecular weight is 341 g/mol. The van der Waals surface area contributed by atoms with E-state index in [-0.39, 0.29) is 5.75 Å². The van der Waals surface area contributed by atoms with Crippen molar-refractivity contribution in [3.63, 3.8) is 0 Å². The number of nitrogens with zero attached hydrogens (tertiary/aromatic N) is 1. The van der Waals surface area contributed by atoms with Crippen molar-refractivity contribution < 1.29 is 13.2 Å². The first-order valence-electron chi connectivity index (χ1n) is 7.80. The van der Waals surface area contributed by atoms with Gasteiger partial charge in [0.25, 0.3) is 0 Å². The smallest absolute Gasteiger partial charge is 0.191 e. The van der Waals surface area contributed by atoms with Crippen LogP contribution in [-0.2, 0) is 26.9 Å². The molecule has 23 heavy (non-hydrogen) atoms. The van der Waals surface area contributed by atoms with E-state index in [0.717, 1.165) is 23.6 Å². The van der Waals surface area contributed by atoms with E-state index in [1.54, 1.807) is 0 Å². The van der Waals surface area contributed by atoms with Crippen LogP contribution in [0.25, 0.3) is 0 Å². The maximum Gasteiger partial charge on any atom is 0.191 e. The molecule has 2 N–H and O–H groups in total. The minimum atomic E-state index is -3.00. The number of aliphatic imine (C=N–C) groups is 1. The number of hydrogen-bond acceptors (Lipinski definition) is 4. The molecule has 0 aliphatic carbocycles. The van der Waals surface area contributed by atoms with E-state index in [2.05, 4.69) is 15.6 Å². The Balaban J connectivity index is 2.57. The van der Waals surface area contributed by atoms with Crippen molar-refractivity contribution in [2.45, 2.75) is 26.1 Å². The van der Waals surface area contributed by atoms with Gasteiger partial charge in [-0.15, -0.1) is 0 Å². The fraction of sp³-hybridized carbons (Fsp3) is 0.562. The summed E-state index contributed by atoms with van der Waals surface area (Å²) < 4.78 is 27.8. The summed E-state index contributed by atoms with van der Waals surface area (Å²) in [4.78, 5) is 4.51. The van der Waals surface area contributed by atoms with Crippen LogP contribution >= 0.6 is 0 Å². The molecule has 0 fully saturated rings. The van der Waals surface area contributed by atoms with Gasteiger partial charge in [0.05, 0.1) is 18.9 Å². The van der Waals surface area contributed by atoms with Gasteiger partial charge in [-0.1, -0.05) is 24.3 Å². The number of hydrogen-bond donors (Lipinski definition) is 2. The molecule has 0 bridgehead atoms. The monoisotopic (exact) mass is 341 g/mol. The van der Waals surface area contributed by atoms with Gasteiger partial charge in [-0.3, -0.25) is 0 Å². The van der Waals surface area contributed by atoms with Gasteiger partial charge in [0.2, 0.25) is 0 Å². The Hall–Kier alpha value is -1.60. The lowest BCUT2D eigenvalue weighted by atomic mass is 10.1. The Kier molecular flexibility index (Phi) is 8.65. The van der Waals surface area contributed by atoms with Crippen molar-refractivity contribution in [2.75, 3.05) is 32.6 Å². The molecule has 130 valence electrons. The Labute approximate surface area is 139 Å². The van der Waals surface area contributed by atoms with Crippen LogP contribution in [0.15, 0.2) is 29.3 Å². The number of ether oxygens (including phenoxy) is 1. The molecule has 0 aliphatic rings. The minimum Gasteiger partial charge on any atom is -0.380 e. The molecule has 0 amide bonds. The van der Waals surface area contributed by atoms with Gasteiger partial charge in [0.15, 0.2) is 15.8 Å². The van der Waals surface area contributed by atoms with E-state index in [1.165, 1.54) is 6.26 Å². The van der Waals surface area contributed by atoms with E-state index in [4.69, 9.17) is 4.74 Å². The lowest BCUT2D eigenvalue weighted by molar-refractivity contribution is 0.152. The zero-order valence-electron chi connectivity index (χ0n) is 14.1. The third kappa shape index (κ3) is 9.20. The molecular weight excluding hydrogens is 314 g/mol. The van der Waals surface area contributed by atoms with Gasteiger partial charge in [-0.2, -0.15) is 0 Å². The first-order valence-corrected chi connectivity index (χ1v) is 9.86. The SMILES string of the molecule is CCNC(=NCc1ccc(CS(C)(=O)=O)cc1)NCCOCC. The van der Waals surface area contributed by atoms with Crippen molar-refractivity contribution in [1.29, 1.82) is 0 Å². The number of nitrogens with one attached hydrogen (secondary N) is 2. The molecule has 0 unspecified atom stereocenters. The highest BCUT2D eigenvalue weighted by Gasteiger charge is 2.04. The van der Waals surface area contributed by atoms with Crippen molar-refractivity contribution >= 4 is 15.8 Å². The molecule has 7 heteroatoms. The lowest BCUT2D eigenvalue weighted by Gasteiger charge is -2.11. The molecule has 0 radical (unpaired) electrons. The Bertz CT molecular complexity index is 583. The van der Waals surface area contributed by atoms with E-state index in [0.29, 0.717) is 26.3 Å². The molecule has 0 aliphatic heterocycles. The largest absolute Gasteiger partial charge is 0.380 e. The third-order valence-corrected chi connectivity index (χ3v) is 3.82. The van der Waals surface area contributed by atoms with Gasteiger partial charge in [-0.05, 0) is 25.0 Å². The standard InChI is InChI=1S/C16H27N3O3S/c1-4-17-16(18-10-11-22-5-2)19-12-14-6-8-15(9-7-14)13-23(3,20)21/h6-9H,4-5,10-13H2,1-3H3,(H2,17,18,19). The highest BCUT2D eigenvalue weighted by molar-refractivity contribution is 7.89. The van der Waals surface area contributed by atoms with Crippen molar-refractivity contribution in [3.05, 3.63) is 35.4 Å². The molecule has 0 atom stereocenters. The summed E-state index contributed by atoms with van der Waals surface area (Å²) in [6.45, 7) is 7.34. The van der Waals surface area contributed by atoms with Crippen LogP contribution in [-0.4, -0.2) is 46.9 Å². The van der Waals surface area contributed by atoms with E-state index in [1.807, 2.05) is 38.1 Å². The van der Waals surface area contributed by atoms with Crippen LogP contribution in [0.1, 0.15) is 25.0 Å². The molecule has 0 heterocycles. The predicted molar refractivity (Wildman–Crippen MR) is 94.3 cm³/mol. The van der Waals surface area contributed by atoms with Gasteiger partial charge in [0.1, 0.15) is 0 Å². The number of rotatable bonds is 9. The Morgan fingerprint density at radius 2 is 1.78 bits per heavy atom. The summed E-state index contributed by atoms with van der Waals surface area (Å²) in [7, 11) is -3.00. The second-order valence-corrected chi connectivity index (χ2v) is 7.35. The van der Waals surface area contributed by atoms with Crippen molar-refractivity contribution in [1.82, 2.24) is 10.6 Å². The molecule has 0 aromatic heterocycles. The fourth-order valence-electron chi connectivity index (χ4n) is 1.94. The normalized spacial score (nSPS) is 12.2. The molecule has 1 aromatic rings. The summed E-state index contributed by atoms with van der Waals surface area (Å²) in [5, 5.41) is 6.38. The van der Waals surface area contributed by atoms with Gasteiger partial charge >= 0.3 is 0 Å². The topological polar surface area (TPSA) is 79.8 Å². The quantitative estimate of drug-likeness (QED) is 0.402. The second kappa shape index (κ2) is 10.2. The van der Waals surface area contributed by atoms with Crippen LogP contribution < -0.4 is 10.6 Å². The predicted octanol–water partition coefficient (Wildman–Crippen LogP) is 1.32. The Morgan fingerprint density at radius 1 is 1.13 bits per heavy atom. The van der Waals surface area contributed by atoms with Crippen LogP contribution in [0.4, 0.5) is 0 Å². The highest BCUT2D eigenvalue weighted by atomic mass is 32.2. The first kappa shape index (κ1) is 19.4. The zero-order valence-corrected chi connectivity index (χ0v) is 14.9. The number of sulfone groups is 1. The Morgan fingerprint density at radius 3 is 2.35 bits per heavy atom. The summed E-state index contributed by atoms with van der Waals surface area (Å²) in [6.07, 6.45) is 1.24. The lowest BCUT2D eigenvalue weighted by Crippen LogP contribution is -2.39. The first-order chi connectivity index (χ1) is 10.9. The molecular formula is C16H27N3O3S. The van der Waals surface area contributed by atoms with Crippen molar-refractivity contribution in [2.24, 2.45) is 4.99 Å². The van der Waals surface area contributed by atoms with Crippen molar-refractivity contribution in [3.8, 4) is 0 Å². The third-order valence-electron chi connectivity index (χ3n) is 2.96. The average Bonchev–Trinajstić information content (AvgIpc) is 2.49. The van der Waals surface area contributed by atoms with Crippen LogP contribution in [0.2, 0.25) is 0 Å². The second-order valence-electron chi connectivity index (χ2n) is 5.21. The van der Waals surface area contributed by atoms with Crippen LogP contribution in [0.3, 0.4) is 0 Å². The highest BCUT2D eigenvalue weighted by Crippen LogP contribution is 2.08. The van der Waals surface area contributed by atoms with E-state index in [9.17, 15) is 8.42 Å². The summed E-state index contributed by atoms with van der Waals surface area (Å²) in [5.74, 6) is 0.811. The van der Waals surface area contributed by atoms with Gasteiger partial charge < -0.3 is 15.4 Å². The zero-order chi connectivity index (χ0) is 17.1. The molecule has 1 rings (SSSR count). The summed E-state index contributed by atoms with van der Waals surface area (Å²) in [5.41, 5.74) is 1.83. The maximum absolute atomic E-state index is 11.3. The molecule has 0 saturated carbocycles. The molecule has 0 saturated heterocycles. The van der Waals surface area contributed by atoms with Crippen LogP contribution in [0, 0.1) is 0 Å². The van der Waals surface area contributed by atoms with E-state index >= 15 is 0 Å². The van der Waals surface area contributed by atoms with Crippen LogP contribution in [0.5, 0.6) is 0 Å². The van der Waals surface area contributed by atoms with E-state index < -0.39 is 9.84 Å². The molecule has 1 aromatic carbocycles. The maximum atomic E-state index is 11.3. The van der Waals surface area contributed by atoms with Gasteiger partial charge in [0, 0.05) is 26.0 Å². The summed E-state index contributed by atoms with van der Waals surface area (Å²) >= 11 is 0. The molecule has 6 nitrogen and oxygen atoms in total. The van der Waals surface area contributed by atoms with Gasteiger partial charge in [-0.25, -0.2) is 13.4 Å². The minimum absolute atomic E-state index is 0.0676. The number of benzene rings is 1. The summed E-state index contributed by atoms with van der Waals surface area (Å²) in [6, 6.07) is 7.49. The number of guanidine groups is 1. The molecule has 0 spiro atoms. The fourth-order valence-corrected chi connectivity index (χ4v) is 2.74.